The summed E-state index contributed by atoms with van der Waals surface area (Å²) in [6, 6.07) is 15.0. The van der Waals surface area contributed by atoms with E-state index in [1.165, 1.54) is 11.6 Å². The first-order chi connectivity index (χ1) is 8.70. The van der Waals surface area contributed by atoms with Crippen molar-refractivity contribution in [3.8, 4) is 0 Å². The molecule has 0 saturated carbocycles. The summed E-state index contributed by atoms with van der Waals surface area (Å²) in [4.78, 5) is 0. The summed E-state index contributed by atoms with van der Waals surface area (Å²) in [5, 5.41) is 0.817. The molecule has 0 fully saturated rings. The Morgan fingerprint density at radius 1 is 1.06 bits per heavy atom. The van der Waals surface area contributed by atoms with Crippen LogP contribution in [0.4, 0.5) is 4.39 Å². The standard InChI is InChI=1S/C15H13Br2F/c16-10-13(11-5-3-6-14(18)9-11)8-12-4-1-2-7-15(12)17/h1-7,9,13H,8,10H2. The molecule has 2 aromatic carbocycles. The van der Waals surface area contributed by atoms with Gasteiger partial charge in [-0.15, -0.1) is 0 Å². The minimum absolute atomic E-state index is 0.175. The van der Waals surface area contributed by atoms with Crippen LogP contribution in [0, 0.1) is 5.82 Å². The fourth-order valence-corrected chi connectivity index (χ4v) is 3.00. The van der Waals surface area contributed by atoms with E-state index in [0.29, 0.717) is 0 Å². The van der Waals surface area contributed by atoms with Crippen molar-refractivity contribution in [3.63, 3.8) is 0 Å². The molecular formula is C15H13Br2F. The highest BCUT2D eigenvalue weighted by Gasteiger charge is 2.13. The minimum Gasteiger partial charge on any atom is -0.207 e. The molecule has 3 heteroatoms. The van der Waals surface area contributed by atoms with Crippen molar-refractivity contribution in [2.24, 2.45) is 0 Å². The van der Waals surface area contributed by atoms with Crippen LogP contribution in [0.3, 0.4) is 0 Å². The summed E-state index contributed by atoms with van der Waals surface area (Å²) >= 11 is 7.07. The number of rotatable bonds is 4. The molecule has 0 saturated heterocycles. The summed E-state index contributed by atoms with van der Waals surface area (Å²) in [5.74, 6) is 0.102. The molecule has 0 nitrogen and oxygen atoms in total. The van der Waals surface area contributed by atoms with Crippen LogP contribution in [0.15, 0.2) is 53.0 Å². The number of hydrogen-bond acceptors (Lipinski definition) is 0. The Kier molecular flexibility index (Phi) is 4.95. The van der Waals surface area contributed by atoms with E-state index in [-0.39, 0.29) is 11.7 Å². The topological polar surface area (TPSA) is 0 Å². The lowest BCUT2D eigenvalue weighted by Gasteiger charge is -2.15. The lowest BCUT2D eigenvalue weighted by atomic mass is 9.94. The zero-order valence-corrected chi connectivity index (χ0v) is 12.9. The highest BCUT2D eigenvalue weighted by Crippen LogP contribution is 2.27. The van der Waals surface area contributed by atoms with Gasteiger partial charge in [-0.3, -0.25) is 0 Å². The van der Waals surface area contributed by atoms with E-state index in [2.05, 4.69) is 37.9 Å². The van der Waals surface area contributed by atoms with Gasteiger partial charge < -0.3 is 0 Å². The number of benzene rings is 2. The van der Waals surface area contributed by atoms with E-state index < -0.39 is 0 Å². The highest BCUT2D eigenvalue weighted by molar-refractivity contribution is 9.10. The third-order valence-electron chi connectivity index (χ3n) is 2.93. The van der Waals surface area contributed by atoms with Gasteiger partial charge in [0.2, 0.25) is 0 Å². The lowest BCUT2D eigenvalue weighted by molar-refractivity contribution is 0.621. The quantitative estimate of drug-likeness (QED) is 0.639. The maximum Gasteiger partial charge on any atom is 0.123 e. The molecule has 0 aromatic heterocycles. The molecule has 0 radical (unpaired) electrons. The number of hydrogen-bond donors (Lipinski definition) is 0. The van der Waals surface area contributed by atoms with Crippen molar-refractivity contribution in [1.82, 2.24) is 0 Å². The molecule has 2 aromatic rings. The van der Waals surface area contributed by atoms with Gasteiger partial charge in [-0.2, -0.15) is 0 Å². The molecule has 18 heavy (non-hydrogen) atoms. The summed E-state index contributed by atoms with van der Waals surface area (Å²) < 4.78 is 14.4. The fraction of sp³-hybridized carbons (Fsp3) is 0.200. The van der Waals surface area contributed by atoms with Crippen molar-refractivity contribution in [3.05, 3.63) is 69.9 Å². The predicted octanol–water partition coefficient (Wildman–Crippen LogP) is 5.31. The summed E-state index contributed by atoms with van der Waals surface area (Å²) in [5.41, 5.74) is 2.27. The van der Waals surface area contributed by atoms with Gasteiger partial charge in [-0.1, -0.05) is 62.2 Å². The Balaban J connectivity index is 2.23. The average molecular weight is 372 g/mol. The van der Waals surface area contributed by atoms with Crippen LogP contribution in [-0.2, 0) is 6.42 Å². The van der Waals surface area contributed by atoms with E-state index in [1.807, 2.05) is 24.3 Å². The smallest absolute Gasteiger partial charge is 0.123 e. The molecule has 2 rings (SSSR count). The van der Waals surface area contributed by atoms with Crippen molar-refractivity contribution < 1.29 is 4.39 Å². The molecule has 0 aliphatic heterocycles. The Labute approximate surface area is 123 Å². The largest absolute Gasteiger partial charge is 0.207 e. The highest BCUT2D eigenvalue weighted by atomic mass is 79.9. The van der Waals surface area contributed by atoms with Crippen LogP contribution in [-0.4, -0.2) is 5.33 Å². The van der Waals surface area contributed by atoms with E-state index in [0.717, 1.165) is 21.8 Å². The second-order valence-corrected chi connectivity index (χ2v) is 5.70. The molecular weight excluding hydrogens is 359 g/mol. The first-order valence-corrected chi connectivity index (χ1v) is 7.67. The number of halogens is 3. The Hall–Kier alpha value is -0.670. The predicted molar refractivity (Wildman–Crippen MR) is 80.8 cm³/mol. The fourth-order valence-electron chi connectivity index (χ4n) is 1.95. The molecule has 0 spiro atoms. The first kappa shape index (κ1) is 13.8. The molecule has 0 aliphatic carbocycles. The lowest BCUT2D eigenvalue weighted by Crippen LogP contribution is -2.05. The van der Waals surface area contributed by atoms with Crippen molar-refractivity contribution >= 4 is 31.9 Å². The van der Waals surface area contributed by atoms with Gasteiger partial charge in [0.15, 0.2) is 0 Å². The first-order valence-electron chi connectivity index (χ1n) is 5.75. The van der Waals surface area contributed by atoms with Crippen LogP contribution in [0.5, 0.6) is 0 Å². The molecule has 0 heterocycles. The van der Waals surface area contributed by atoms with E-state index >= 15 is 0 Å². The van der Waals surface area contributed by atoms with Gasteiger partial charge in [0.05, 0.1) is 0 Å². The van der Waals surface area contributed by atoms with E-state index in [9.17, 15) is 4.39 Å². The van der Waals surface area contributed by atoms with Gasteiger partial charge in [0, 0.05) is 9.80 Å². The third-order valence-corrected chi connectivity index (χ3v) is 4.49. The van der Waals surface area contributed by atoms with Crippen LogP contribution in [0.1, 0.15) is 17.0 Å². The summed E-state index contributed by atoms with van der Waals surface area (Å²) in [6.07, 6.45) is 0.885. The average Bonchev–Trinajstić information content (AvgIpc) is 2.38. The zero-order chi connectivity index (χ0) is 13.0. The van der Waals surface area contributed by atoms with Gasteiger partial charge >= 0.3 is 0 Å². The molecule has 1 unspecified atom stereocenters. The second kappa shape index (κ2) is 6.48. The Morgan fingerprint density at radius 3 is 2.50 bits per heavy atom. The second-order valence-electron chi connectivity index (χ2n) is 4.20. The zero-order valence-electron chi connectivity index (χ0n) is 9.74. The van der Waals surface area contributed by atoms with E-state index in [4.69, 9.17) is 0 Å². The normalized spacial score (nSPS) is 12.4. The van der Waals surface area contributed by atoms with Gasteiger partial charge in [0.25, 0.3) is 0 Å². The summed E-state index contributed by atoms with van der Waals surface area (Å²) in [6.45, 7) is 0. The molecule has 0 amide bonds. The Bertz CT molecular complexity index is 525. The molecule has 0 aliphatic rings. The van der Waals surface area contributed by atoms with Crippen LogP contribution in [0.25, 0.3) is 0 Å². The summed E-state index contributed by atoms with van der Waals surface area (Å²) in [7, 11) is 0. The van der Waals surface area contributed by atoms with Gasteiger partial charge in [-0.25, -0.2) is 4.39 Å². The maximum absolute atomic E-state index is 13.3. The van der Waals surface area contributed by atoms with Crippen molar-refractivity contribution in [2.75, 3.05) is 5.33 Å². The molecule has 0 N–H and O–H groups in total. The van der Waals surface area contributed by atoms with Crippen molar-refractivity contribution in [1.29, 1.82) is 0 Å². The maximum atomic E-state index is 13.3. The van der Waals surface area contributed by atoms with E-state index in [1.54, 1.807) is 12.1 Å². The van der Waals surface area contributed by atoms with Gasteiger partial charge in [-0.05, 0) is 41.7 Å². The molecule has 1 atom stereocenters. The SMILES string of the molecule is Fc1cccc(C(CBr)Cc2ccccc2Br)c1. The van der Waals surface area contributed by atoms with Gasteiger partial charge in [0.1, 0.15) is 5.82 Å². The monoisotopic (exact) mass is 370 g/mol. The Morgan fingerprint density at radius 2 is 1.83 bits per heavy atom. The third kappa shape index (κ3) is 3.42. The van der Waals surface area contributed by atoms with Crippen LogP contribution < -0.4 is 0 Å². The minimum atomic E-state index is -0.175. The number of alkyl halides is 1. The van der Waals surface area contributed by atoms with Crippen LogP contribution >= 0.6 is 31.9 Å². The van der Waals surface area contributed by atoms with Crippen LogP contribution in [0.2, 0.25) is 0 Å². The molecule has 94 valence electrons. The molecule has 0 bridgehead atoms. The van der Waals surface area contributed by atoms with Crippen molar-refractivity contribution in [2.45, 2.75) is 12.3 Å².